The average molecular weight is 335 g/mol. The van der Waals surface area contributed by atoms with Crippen molar-refractivity contribution in [2.24, 2.45) is 0 Å². The minimum Gasteiger partial charge on any atom is -0.488 e. The minimum atomic E-state index is -0.992. The van der Waals surface area contributed by atoms with Crippen molar-refractivity contribution in [2.75, 3.05) is 0 Å². The number of aromatic carboxylic acids is 1. The van der Waals surface area contributed by atoms with E-state index in [1.54, 1.807) is 12.1 Å². The summed E-state index contributed by atoms with van der Waals surface area (Å²) in [5, 5.41) is 9.13. The van der Waals surface area contributed by atoms with E-state index in [2.05, 4.69) is 35.0 Å². The Bertz CT molecular complexity index is 606. The predicted molar refractivity (Wildman–Crippen MR) is 81.3 cm³/mol. The maximum Gasteiger partial charge on any atom is 0.339 e. The van der Waals surface area contributed by atoms with Gasteiger partial charge in [-0.3, -0.25) is 0 Å². The van der Waals surface area contributed by atoms with Gasteiger partial charge in [0.2, 0.25) is 0 Å². The van der Waals surface area contributed by atoms with Crippen LogP contribution in [-0.4, -0.2) is 11.1 Å². The second-order valence-corrected chi connectivity index (χ2v) is 5.32. The number of halogens is 1. The molecule has 104 valence electrons. The summed E-state index contributed by atoms with van der Waals surface area (Å²) in [6.45, 7) is 2.45. The molecule has 0 bridgehead atoms. The predicted octanol–water partition coefficient (Wildman–Crippen LogP) is 4.29. The zero-order valence-corrected chi connectivity index (χ0v) is 12.7. The highest BCUT2D eigenvalue weighted by atomic mass is 79.9. The first-order valence-electron chi connectivity index (χ1n) is 6.33. The molecule has 0 amide bonds. The highest BCUT2D eigenvalue weighted by molar-refractivity contribution is 9.10. The molecule has 0 heterocycles. The van der Waals surface area contributed by atoms with Crippen LogP contribution < -0.4 is 4.74 Å². The van der Waals surface area contributed by atoms with E-state index in [0.717, 1.165) is 16.5 Å². The first-order chi connectivity index (χ1) is 9.60. The zero-order chi connectivity index (χ0) is 14.5. The van der Waals surface area contributed by atoms with E-state index in [0.29, 0.717) is 12.4 Å². The van der Waals surface area contributed by atoms with Gasteiger partial charge in [-0.1, -0.05) is 47.1 Å². The van der Waals surface area contributed by atoms with Crippen LogP contribution in [0.5, 0.6) is 5.75 Å². The fraction of sp³-hybridized carbons (Fsp3) is 0.188. The van der Waals surface area contributed by atoms with Crippen LogP contribution in [-0.2, 0) is 13.0 Å². The molecular formula is C16H15BrO3. The van der Waals surface area contributed by atoms with Crippen LogP contribution in [0.3, 0.4) is 0 Å². The Balaban J connectivity index is 2.13. The Labute approximate surface area is 126 Å². The monoisotopic (exact) mass is 334 g/mol. The molecular weight excluding hydrogens is 320 g/mol. The first-order valence-corrected chi connectivity index (χ1v) is 7.13. The van der Waals surface area contributed by atoms with Gasteiger partial charge in [-0.2, -0.15) is 0 Å². The lowest BCUT2D eigenvalue weighted by molar-refractivity contribution is 0.0691. The van der Waals surface area contributed by atoms with Gasteiger partial charge in [-0.15, -0.1) is 0 Å². The molecule has 2 rings (SSSR count). The van der Waals surface area contributed by atoms with Gasteiger partial charge in [0, 0.05) is 4.47 Å². The minimum absolute atomic E-state index is 0.165. The number of hydrogen-bond acceptors (Lipinski definition) is 2. The van der Waals surface area contributed by atoms with Gasteiger partial charge in [0.15, 0.2) is 0 Å². The molecule has 3 nitrogen and oxygen atoms in total. The van der Waals surface area contributed by atoms with Gasteiger partial charge >= 0.3 is 5.97 Å². The largest absolute Gasteiger partial charge is 0.488 e. The lowest BCUT2D eigenvalue weighted by atomic mass is 10.1. The molecule has 0 radical (unpaired) electrons. The third-order valence-corrected chi connectivity index (χ3v) is 3.49. The summed E-state index contributed by atoms with van der Waals surface area (Å²) in [5.74, 6) is -0.625. The number of hydrogen-bond donors (Lipinski definition) is 1. The van der Waals surface area contributed by atoms with Crippen molar-refractivity contribution in [2.45, 2.75) is 20.0 Å². The SMILES string of the molecule is CCc1ccc(COc2cc(Br)ccc2C(=O)O)cc1. The van der Waals surface area contributed by atoms with E-state index in [9.17, 15) is 4.79 Å². The Kier molecular flexibility index (Phi) is 4.79. The van der Waals surface area contributed by atoms with Crippen molar-refractivity contribution in [3.05, 3.63) is 63.6 Å². The van der Waals surface area contributed by atoms with E-state index in [-0.39, 0.29) is 5.56 Å². The molecule has 0 aliphatic carbocycles. The van der Waals surface area contributed by atoms with Crippen molar-refractivity contribution in [1.82, 2.24) is 0 Å². The summed E-state index contributed by atoms with van der Waals surface area (Å²) in [5.41, 5.74) is 2.44. The van der Waals surface area contributed by atoms with Gasteiger partial charge in [0.25, 0.3) is 0 Å². The van der Waals surface area contributed by atoms with Crippen LogP contribution in [0.25, 0.3) is 0 Å². The molecule has 2 aromatic carbocycles. The quantitative estimate of drug-likeness (QED) is 0.887. The van der Waals surface area contributed by atoms with Gasteiger partial charge in [0.1, 0.15) is 17.9 Å². The van der Waals surface area contributed by atoms with Crippen LogP contribution in [0.1, 0.15) is 28.4 Å². The van der Waals surface area contributed by atoms with E-state index in [4.69, 9.17) is 9.84 Å². The van der Waals surface area contributed by atoms with Crippen LogP contribution in [0.4, 0.5) is 0 Å². The van der Waals surface area contributed by atoms with Gasteiger partial charge in [0.05, 0.1) is 0 Å². The second kappa shape index (κ2) is 6.57. The summed E-state index contributed by atoms with van der Waals surface area (Å²) >= 11 is 3.32. The topological polar surface area (TPSA) is 46.5 Å². The number of ether oxygens (including phenoxy) is 1. The van der Waals surface area contributed by atoms with E-state index >= 15 is 0 Å². The molecule has 0 atom stereocenters. The van der Waals surface area contributed by atoms with Crippen LogP contribution >= 0.6 is 15.9 Å². The van der Waals surface area contributed by atoms with Crippen molar-refractivity contribution >= 4 is 21.9 Å². The van der Waals surface area contributed by atoms with Crippen LogP contribution in [0, 0.1) is 0 Å². The Hall–Kier alpha value is -1.81. The van der Waals surface area contributed by atoms with Crippen molar-refractivity contribution < 1.29 is 14.6 Å². The molecule has 2 aromatic rings. The Morgan fingerprint density at radius 1 is 1.15 bits per heavy atom. The van der Waals surface area contributed by atoms with Crippen LogP contribution in [0.2, 0.25) is 0 Å². The van der Waals surface area contributed by atoms with E-state index < -0.39 is 5.97 Å². The maximum atomic E-state index is 11.1. The number of carbonyl (C=O) groups is 1. The highest BCUT2D eigenvalue weighted by Gasteiger charge is 2.11. The Morgan fingerprint density at radius 2 is 1.80 bits per heavy atom. The summed E-state index contributed by atoms with van der Waals surface area (Å²) < 4.78 is 6.42. The summed E-state index contributed by atoms with van der Waals surface area (Å²) in [7, 11) is 0. The average Bonchev–Trinajstić information content (AvgIpc) is 2.45. The summed E-state index contributed by atoms with van der Waals surface area (Å²) in [4.78, 5) is 11.1. The number of aryl methyl sites for hydroxylation is 1. The molecule has 0 saturated carbocycles. The summed E-state index contributed by atoms with van der Waals surface area (Å²) in [6.07, 6.45) is 0.996. The molecule has 20 heavy (non-hydrogen) atoms. The molecule has 0 saturated heterocycles. The van der Waals surface area contributed by atoms with Gasteiger partial charge < -0.3 is 9.84 Å². The normalized spacial score (nSPS) is 10.3. The number of carboxylic acids is 1. The number of carboxylic acid groups (broad SMARTS) is 1. The lowest BCUT2D eigenvalue weighted by Gasteiger charge is -2.10. The lowest BCUT2D eigenvalue weighted by Crippen LogP contribution is -2.03. The number of benzene rings is 2. The van der Waals surface area contributed by atoms with Crippen molar-refractivity contribution in [3.63, 3.8) is 0 Å². The molecule has 0 spiro atoms. The summed E-state index contributed by atoms with van der Waals surface area (Å²) in [6, 6.07) is 13.0. The maximum absolute atomic E-state index is 11.1. The molecule has 0 aromatic heterocycles. The van der Waals surface area contributed by atoms with Crippen molar-refractivity contribution in [1.29, 1.82) is 0 Å². The Morgan fingerprint density at radius 3 is 2.40 bits per heavy atom. The fourth-order valence-electron chi connectivity index (χ4n) is 1.82. The molecule has 0 unspecified atom stereocenters. The standard InChI is InChI=1S/C16H15BrO3/c1-2-11-3-5-12(6-4-11)10-20-15-9-13(17)7-8-14(15)16(18)19/h3-9H,2,10H2,1H3,(H,18,19). The molecule has 0 fully saturated rings. The molecule has 0 aliphatic heterocycles. The third kappa shape index (κ3) is 3.61. The van der Waals surface area contributed by atoms with E-state index in [1.165, 1.54) is 11.6 Å². The highest BCUT2D eigenvalue weighted by Crippen LogP contribution is 2.24. The number of rotatable bonds is 5. The molecule has 1 N–H and O–H groups in total. The zero-order valence-electron chi connectivity index (χ0n) is 11.1. The van der Waals surface area contributed by atoms with E-state index in [1.807, 2.05) is 12.1 Å². The van der Waals surface area contributed by atoms with Gasteiger partial charge in [-0.25, -0.2) is 4.79 Å². The second-order valence-electron chi connectivity index (χ2n) is 4.40. The fourth-order valence-corrected chi connectivity index (χ4v) is 2.16. The third-order valence-electron chi connectivity index (χ3n) is 3.00. The van der Waals surface area contributed by atoms with Gasteiger partial charge in [-0.05, 0) is 35.7 Å². The smallest absolute Gasteiger partial charge is 0.339 e. The molecule has 4 heteroatoms. The van der Waals surface area contributed by atoms with Crippen LogP contribution in [0.15, 0.2) is 46.9 Å². The molecule has 0 aliphatic rings. The van der Waals surface area contributed by atoms with Crippen molar-refractivity contribution in [3.8, 4) is 5.75 Å². The first kappa shape index (κ1) is 14.6.